The Balaban J connectivity index is 2.30. The maximum Gasteiger partial charge on any atom is 0.316 e. The third kappa shape index (κ3) is 10.3. The number of ether oxygens (including phenoxy) is 1. The van der Waals surface area contributed by atoms with Crippen LogP contribution in [0.3, 0.4) is 0 Å². The number of nitrogens with one attached hydrogen (secondary N) is 4. The lowest BCUT2D eigenvalue weighted by Gasteiger charge is -2.37. The molecule has 0 aromatic carbocycles. The van der Waals surface area contributed by atoms with Crippen molar-refractivity contribution in [2.45, 2.75) is 98.8 Å². The van der Waals surface area contributed by atoms with E-state index in [2.05, 4.69) is 27.8 Å². The number of likely N-dealkylation sites (tertiary alicyclic amines) is 1. The predicted molar refractivity (Wildman–Crippen MR) is 174 cm³/mol. The van der Waals surface area contributed by atoms with Crippen molar-refractivity contribution >= 4 is 35.4 Å². The summed E-state index contributed by atoms with van der Waals surface area (Å²) in [5.74, 6) is -3.11. The van der Waals surface area contributed by atoms with Crippen molar-refractivity contribution in [3.63, 3.8) is 0 Å². The van der Waals surface area contributed by atoms with E-state index in [-0.39, 0.29) is 43.2 Å². The first kappa shape index (κ1) is 38.7. The van der Waals surface area contributed by atoms with Crippen molar-refractivity contribution < 1.29 is 33.5 Å². The Hall–Kier alpha value is -3.48. The van der Waals surface area contributed by atoms with E-state index in [0.29, 0.717) is 39.1 Å². The second kappa shape index (κ2) is 17.4. The molecule has 0 aliphatic carbocycles. The molecule has 4 N–H and O–H groups in total. The fourth-order valence-corrected chi connectivity index (χ4v) is 5.94. The van der Waals surface area contributed by atoms with Crippen LogP contribution in [-0.2, 0) is 28.7 Å². The monoisotopic (exact) mass is 648 g/mol. The molecule has 2 heterocycles. The van der Waals surface area contributed by atoms with Gasteiger partial charge < -0.3 is 35.8 Å². The second-order valence-corrected chi connectivity index (χ2v) is 14.0. The third-order valence-corrected chi connectivity index (χ3v) is 8.62. The molecular formula is C33H56N6O7. The Kier molecular flexibility index (Phi) is 14.7. The Morgan fingerprint density at radius 2 is 1.57 bits per heavy atom. The van der Waals surface area contributed by atoms with Gasteiger partial charge in [-0.25, -0.2) is 4.79 Å². The lowest BCUT2D eigenvalue weighted by Crippen LogP contribution is -2.62. The molecule has 0 aromatic rings. The van der Waals surface area contributed by atoms with Crippen LogP contribution in [0.5, 0.6) is 0 Å². The number of carbonyl (C=O) groups is 6. The molecule has 3 unspecified atom stereocenters. The summed E-state index contributed by atoms with van der Waals surface area (Å²) < 4.78 is 5.35. The molecular weight excluding hydrogens is 592 g/mol. The van der Waals surface area contributed by atoms with Gasteiger partial charge in [0.05, 0.1) is 19.3 Å². The van der Waals surface area contributed by atoms with Crippen molar-refractivity contribution in [1.82, 2.24) is 31.1 Å². The Labute approximate surface area is 274 Å². The molecule has 2 rings (SSSR count). The van der Waals surface area contributed by atoms with E-state index in [9.17, 15) is 28.8 Å². The largest absolute Gasteiger partial charge is 0.378 e. The van der Waals surface area contributed by atoms with Crippen molar-refractivity contribution in [1.29, 1.82) is 0 Å². The zero-order valence-corrected chi connectivity index (χ0v) is 28.9. The minimum atomic E-state index is -1.05. The van der Waals surface area contributed by atoms with Crippen LogP contribution < -0.4 is 21.3 Å². The number of Topliss-reactive ketones (excluding diaryl/α,β-unsaturated/α-hetero) is 1. The first-order valence-electron chi connectivity index (χ1n) is 16.5. The normalized spacial score (nSPS) is 20.5. The van der Waals surface area contributed by atoms with Gasteiger partial charge in [0, 0.05) is 26.2 Å². The highest BCUT2D eigenvalue weighted by atomic mass is 16.5. The van der Waals surface area contributed by atoms with E-state index in [4.69, 9.17) is 4.74 Å². The van der Waals surface area contributed by atoms with Crippen LogP contribution in [0.1, 0.15) is 74.7 Å². The van der Waals surface area contributed by atoms with E-state index >= 15 is 0 Å². The van der Waals surface area contributed by atoms with E-state index < -0.39 is 59.1 Å². The highest BCUT2D eigenvalue weighted by molar-refractivity contribution is 6.38. The summed E-state index contributed by atoms with van der Waals surface area (Å²) in [5, 5.41) is 10.8. The number of urea groups is 1. The smallest absolute Gasteiger partial charge is 0.316 e. The van der Waals surface area contributed by atoms with Gasteiger partial charge in [0.1, 0.15) is 18.1 Å². The van der Waals surface area contributed by atoms with E-state index in [0.717, 1.165) is 0 Å². The number of rotatable bonds is 14. The number of hydrogen-bond donors (Lipinski definition) is 4. The number of hydrogen-bond acceptors (Lipinski definition) is 7. The summed E-state index contributed by atoms with van der Waals surface area (Å²) >= 11 is 0. The van der Waals surface area contributed by atoms with Gasteiger partial charge in [-0.15, -0.1) is 6.58 Å². The average molecular weight is 649 g/mol. The van der Waals surface area contributed by atoms with E-state index in [1.165, 1.54) is 11.0 Å². The Morgan fingerprint density at radius 1 is 0.935 bits per heavy atom. The number of nitrogens with zero attached hydrogens (tertiary/aromatic N) is 2. The van der Waals surface area contributed by atoms with Crippen LogP contribution in [-0.4, -0.2) is 109 Å². The molecule has 13 nitrogen and oxygen atoms in total. The van der Waals surface area contributed by atoms with Gasteiger partial charge in [-0.2, -0.15) is 0 Å². The summed E-state index contributed by atoms with van der Waals surface area (Å²) in [6.45, 7) is 20.6. The third-order valence-electron chi connectivity index (χ3n) is 8.62. The maximum atomic E-state index is 14.3. The predicted octanol–water partition coefficient (Wildman–Crippen LogP) is 1.61. The van der Waals surface area contributed by atoms with E-state index in [1.807, 2.05) is 55.4 Å². The minimum Gasteiger partial charge on any atom is -0.378 e. The molecule has 13 heteroatoms. The summed E-state index contributed by atoms with van der Waals surface area (Å²) in [6, 6.07) is -4.45. The van der Waals surface area contributed by atoms with Crippen molar-refractivity contribution in [2.75, 3.05) is 39.4 Å². The molecule has 2 aliphatic rings. The van der Waals surface area contributed by atoms with Crippen molar-refractivity contribution in [3.05, 3.63) is 12.7 Å². The molecule has 0 bridgehead atoms. The minimum absolute atomic E-state index is 0.0344. The fourth-order valence-electron chi connectivity index (χ4n) is 5.94. The summed E-state index contributed by atoms with van der Waals surface area (Å²) in [7, 11) is 0. The summed E-state index contributed by atoms with van der Waals surface area (Å²) in [6.07, 6.45) is 2.81. The molecule has 0 spiro atoms. The van der Waals surface area contributed by atoms with Gasteiger partial charge in [0.2, 0.25) is 23.5 Å². The second-order valence-electron chi connectivity index (χ2n) is 14.0. The molecule has 260 valence electrons. The zero-order valence-electron chi connectivity index (χ0n) is 28.9. The molecule has 0 radical (unpaired) electrons. The number of ketones is 1. The summed E-state index contributed by atoms with van der Waals surface area (Å²) in [5.41, 5.74) is -0.753. The number of amides is 6. The van der Waals surface area contributed by atoms with Crippen molar-refractivity contribution in [2.24, 2.45) is 23.2 Å². The first-order valence-corrected chi connectivity index (χ1v) is 16.5. The van der Waals surface area contributed by atoms with Gasteiger partial charge >= 0.3 is 6.03 Å². The molecule has 46 heavy (non-hydrogen) atoms. The average Bonchev–Trinajstić information content (AvgIpc) is 3.46. The number of carbonyl (C=O) groups excluding carboxylic acids is 6. The molecule has 2 saturated heterocycles. The van der Waals surface area contributed by atoms with Crippen LogP contribution in [0.25, 0.3) is 0 Å². The van der Waals surface area contributed by atoms with E-state index in [1.54, 1.807) is 4.90 Å². The zero-order chi connectivity index (χ0) is 34.8. The van der Waals surface area contributed by atoms with Crippen LogP contribution in [0.4, 0.5) is 4.79 Å². The highest BCUT2D eigenvalue weighted by Gasteiger charge is 2.48. The van der Waals surface area contributed by atoms with Gasteiger partial charge in [-0.05, 0) is 36.0 Å². The topological polar surface area (TPSA) is 166 Å². The van der Waals surface area contributed by atoms with Gasteiger partial charge in [0.25, 0.3) is 5.91 Å². The van der Waals surface area contributed by atoms with Crippen LogP contribution >= 0.6 is 0 Å². The molecule has 0 saturated carbocycles. The maximum absolute atomic E-state index is 14.3. The molecule has 0 aromatic heterocycles. The lowest BCUT2D eigenvalue weighted by molar-refractivity contribution is -0.144. The quantitative estimate of drug-likeness (QED) is 0.164. The standard InChI is InChI=1S/C33H56N6O7/c1-10-12-23(26(40)29(42)34-14-11-2)35-28(41)25-22(20(3)4)13-15-39(25)31(44)27(33(7,8)9)37-32(45)36-24(21(5)6)30(43)38-16-18-46-19-17-38/h11,20-25,27H,2,10,12-19H2,1,3-9H3,(H,34,42)(H,35,41)(H2,36,37,45)/t22?,23?,24?,25-,27+/m0/s1. The lowest BCUT2D eigenvalue weighted by atomic mass is 9.84. The van der Waals surface area contributed by atoms with Gasteiger partial charge in [0.15, 0.2) is 0 Å². The molecule has 2 fully saturated rings. The Bertz CT molecular complexity index is 1110. The fraction of sp³-hybridized carbons (Fsp3) is 0.758. The van der Waals surface area contributed by atoms with Gasteiger partial charge in [-0.1, -0.05) is 67.9 Å². The SMILES string of the molecule is C=CCNC(=O)C(=O)C(CCC)NC(=O)[C@@H]1C(C(C)C)CCN1C(=O)[C@@H](NC(=O)NC(C(=O)N1CCOCC1)C(C)C)C(C)(C)C. The first-order chi connectivity index (χ1) is 21.5. The molecule has 5 atom stereocenters. The number of morpholine rings is 1. The van der Waals surface area contributed by atoms with Crippen LogP contribution in [0.15, 0.2) is 12.7 Å². The summed E-state index contributed by atoms with van der Waals surface area (Å²) in [4.78, 5) is 83.3. The molecule has 2 aliphatic heterocycles. The van der Waals surface area contributed by atoms with Crippen LogP contribution in [0.2, 0.25) is 0 Å². The van der Waals surface area contributed by atoms with Gasteiger partial charge in [-0.3, -0.25) is 24.0 Å². The Morgan fingerprint density at radius 3 is 2.09 bits per heavy atom. The molecule has 6 amide bonds. The highest BCUT2D eigenvalue weighted by Crippen LogP contribution is 2.33. The van der Waals surface area contributed by atoms with Crippen molar-refractivity contribution in [3.8, 4) is 0 Å². The van der Waals surface area contributed by atoms with Crippen LogP contribution in [0, 0.1) is 23.2 Å².